The van der Waals surface area contributed by atoms with E-state index in [-0.39, 0.29) is 75.4 Å². The first-order valence-electron chi connectivity index (χ1n) is 36.6. The predicted octanol–water partition coefficient (Wildman–Crippen LogP) is -5.23. The number of imide groups is 1. The average Bonchev–Trinajstić information content (AvgIpc) is 1.49. The molecule has 1 unspecified atom stereocenters. The van der Waals surface area contributed by atoms with Gasteiger partial charge in [0.1, 0.15) is 72.4 Å². The van der Waals surface area contributed by atoms with Crippen molar-refractivity contribution in [1.82, 2.24) is 51.3 Å². The molecule has 0 radical (unpaired) electrons. The van der Waals surface area contributed by atoms with Gasteiger partial charge in [0.2, 0.25) is 53.2 Å². The quantitative estimate of drug-likeness (QED) is 0.0145. The minimum Gasteiger partial charge on any atom is -0.481 e. The molecule has 5 rings (SSSR count). The predicted molar refractivity (Wildman–Crippen MR) is 399 cm³/mol. The Morgan fingerprint density at radius 3 is 1.62 bits per heavy atom. The fraction of sp³-hybridized carbons (Fsp3) is 0.548. The van der Waals surface area contributed by atoms with E-state index < -0.39 is 249 Å². The van der Waals surface area contributed by atoms with Crippen molar-refractivity contribution in [3.05, 3.63) is 128 Å². The zero-order chi connectivity index (χ0) is 83.8. The van der Waals surface area contributed by atoms with E-state index in [4.69, 9.17) is 21.7 Å². The Bertz CT molecular complexity index is 3990. The number of aliphatic hydroxyl groups is 10. The van der Waals surface area contributed by atoms with Crippen molar-refractivity contribution in [3.8, 4) is 11.1 Å². The molecule has 9 amide bonds. The van der Waals surface area contributed by atoms with Crippen LogP contribution < -0.4 is 59.9 Å². The number of aromatic nitrogens is 2. The fourth-order valence-electron chi connectivity index (χ4n) is 11.9. The van der Waals surface area contributed by atoms with Crippen LogP contribution in [0.1, 0.15) is 118 Å². The number of likely N-dealkylation sites (tertiary alicyclic amines) is 1. The maximum Gasteiger partial charge on any atom is 0.331 e. The summed E-state index contributed by atoms with van der Waals surface area (Å²) in [6.07, 6.45) is -18.6. The van der Waals surface area contributed by atoms with Gasteiger partial charge >= 0.3 is 17.6 Å². The molecule has 1 aliphatic rings. The highest BCUT2D eigenvalue weighted by Gasteiger charge is 2.41. The molecule has 37 nitrogen and oxygen atoms in total. The molecule has 0 saturated carbocycles. The van der Waals surface area contributed by atoms with E-state index >= 15 is 8.78 Å². The van der Waals surface area contributed by atoms with E-state index in [2.05, 4.69) is 37.2 Å². The summed E-state index contributed by atoms with van der Waals surface area (Å²) < 4.78 is 32.1. The second-order valence-electron chi connectivity index (χ2n) is 27.1. The van der Waals surface area contributed by atoms with Gasteiger partial charge in [-0.05, 0) is 74.3 Å². The summed E-state index contributed by atoms with van der Waals surface area (Å²) >= 11 is 0.687. The Morgan fingerprint density at radius 2 is 1.08 bits per heavy atom. The smallest absolute Gasteiger partial charge is 0.331 e. The van der Waals surface area contributed by atoms with Gasteiger partial charge in [-0.15, -0.1) is 11.8 Å². The number of hydrogen-bond donors (Lipinski definition) is 21. The number of aliphatic hydroxyl groups excluding tert-OH is 10. The number of aliphatic carboxylic acids is 2. The summed E-state index contributed by atoms with van der Waals surface area (Å²) in [5.41, 5.74) is 11.9. The third-order valence-corrected chi connectivity index (χ3v) is 19.9. The van der Waals surface area contributed by atoms with Gasteiger partial charge in [-0.3, -0.25) is 66.8 Å². The maximum atomic E-state index is 15.0. The number of nitrogens with zero attached hydrogens (tertiary/aromatic N) is 3. The van der Waals surface area contributed by atoms with Gasteiger partial charge < -0.3 is 110 Å². The lowest BCUT2D eigenvalue weighted by Crippen LogP contribution is -2.58. The van der Waals surface area contributed by atoms with Gasteiger partial charge in [0.05, 0.1) is 49.3 Å². The Morgan fingerprint density at radius 1 is 0.575 bits per heavy atom. The molecule has 0 spiro atoms. The summed E-state index contributed by atoms with van der Waals surface area (Å²) in [7, 11) is 0. The van der Waals surface area contributed by atoms with Crippen molar-refractivity contribution in [3.63, 3.8) is 0 Å². The minimum atomic E-state index is -2.12. The number of aryl methyl sites for hydroxylation is 1. The standard InChI is InChI=1S/C73H102F2N12O25S/c1-39-62(71(109)87(35-46(77)41-13-6-5-7-14-41)73(112)86(39)34-43-44(74)16-11-17-45(43)75)42-15-10-12-40(30-42)19-23-56(94)78-28-9-4-2-3-8-18-59(97)81-47(20-24-57(95)79-32-51(90)63(101)65(103)53(92)36-88)67(105)83-49(22-26-61(99)100)68(106)82-48(21-25-58(96)80-33-52(91)64(102)66(104)54(93)37-89)69(107)84-50(72(110)111)38-113-55-31-60(98)85(29-27-76)70(55)108/h5-7,10-17,30,46-55,63-66,88-93,101-104H,2-4,8-9,18-29,31-38,76-77H2,1H3,(H,78,94)(H,79,95)(H,80,96)(H,81,97)(H,82,106)(H,83,105)(H,84,107)(H,99,100)(H,110,111)/t46-,47-,48-,49-,50-,51+,52+,53-,54-,55?,63-,64-,65-,66-/m1/s1. The number of halogens is 2. The number of carbonyl (C=O) groups excluding carboxylic acids is 9. The number of amides is 9. The largest absolute Gasteiger partial charge is 0.481 e. The summed E-state index contributed by atoms with van der Waals surface area (Å²) in [4.78, 5) is 175. The number of carbonyl (C=O) groups is 11. The van der Waals surface area contributed by atoms with Crippen LogP contribution in [0.4, 0.5) is 8.78 Å². The topological polar surface area (TPSA) is 614 Å². The van der Waals surface area contributed by atoms with Crippen molar-refractivity contribution in [1.29, 1.82) is 0 Å². The lowest BCUT2D eigenvalue weighted by molar-refractivity contribution is -0.142. The molecule has 624 valence electrons. The molecule has 1 fully saturated rings. The van der Waals surface area contributed by atoms with Gasteiger partial charge in [0.15, 0.2) is 0 Å². The molecular weight excluding hydrogens is 1510 g/mol. The summed E-state index contributed by atoms with van der Waals surface area (Å²) in [6, 6.07) is 10.4. The lowest BCUT2D eigenvalue weighted by atomic mass is 10.00. The molecule has 1 aliphatic heterocycles. The number of benzene rings is 3. The first-order valence-corrected chi connectivity index (χ1v) is 37.6. The molecule has 1 aromatic heterocycles. The van der Waals surface area contributed by atoms with Crippen LogP contribution in [0.15, 0.2) is 82.4 Å². The van der Waals surface area contributed by atoms with E-state index in [1.807, 2.05) is 0 Å². The number of carboxylic acid groups (broad SMARTS) is 2. The highest BCUT2D eigenvalue weighted by Crippen LogP contribution is 2.27. The Kier molecular flexibility index (Phi) is 39.3. The first-order chi connectivity index (χ1) is 53.6. The van der Waals surface area contributed by atoms with Gasteiger partial charge in [-0.1, -0.05) is 79.9 Å². The van der Waals surface area contributed by atoms with E-state index in [0.717, 1.165) is 26.2 Å². The number of nitrogens with two attached hydrogens (primary N) is 2. The zero-order valence-electron chi connectivity index (χ0n) is 62.0. The molecule has 0 bridgehead atoms. The Balaban J connectivity index is 1.25. The molecule has 2 heterocycles. The van der Waals surface area contributed by atoms with Crippen LogP contribution in [0.5, 0.6) is 0 Å². The van der Waals surface area contributed by atoms with Crippen molar-refractivity contribution in [2.75, 3.05) is 51.7 Å². The maximum absolute atomic E-state index is 15.0. The van der Waals surface area contributed by atoms with E-state index in [0.29, 0.717) is 54.1 Å². The first kappa shape index (κ1) is 94.0. The Labute approximate surface area is 650 Å². The summed E-state index contributed by atoms with van der Waals surface area (Å²) in [5, 5.41) is 134. The van der Waals surface area contributed by atoms with Crippen molar-refractivity contribution in [2.45, 2.75) is 201 Å². The molecule has 1 saturated heterocycles. The average molecular weight is 1620 g/mol. The van der Waals surface area contributed by atoms with Crippen molar-refractivity contribution < 1.29 is 123 Å². The van der Waals surface area contributed by atoms with Crippen molar-refractivity contribution in [2.24, 2.45) is 11.5 Å². The fourth-order valence-corrected chi connectivity index (χ4v) is 13.1. The van der Waals surface area contributed by atoms with Crippen molar-refractivity contribution >= 4 is 76.9 Å². The number of carboxylic acids is 2. The minimum absolute atomic E-state index is 0.0155. The summed E-state index contributed by atoms with van der Waals surface area (Å²) in [6.45, 7) is -2.88. The number of rotatable bonds is 51. The molecule has 3 aromatic carbocycles. The van der Waals surface area contributed by atoms with Crippen LogP contribution in [-0.4, -0.2) is 270 Å². The number of unbranched alkanes of at least 4 members (excludes halogenated alkanes) is 4. The Hall–Kier alpha value is -9.56. The third-order valence-electron chi connectivity index (χ3n) is 18.6. The van der Waals surface area contributed by atoms with Crippen LogP contribution in [0.2, 0.25) is 0 Å². The summed E-state index contributed by atoms with van der Waals surface area (Å²) in [5.74, 6) is -13.8. The monoisotopic (exact) mass is 1620 g/mol. The van der Waals surface area contributed by atoms with E-state index in [9.17, 15) is 113 Å². The van der Waals surface area contributed by atoms with Gasteiger partial charge in [-0.25, -0.2) is 18.4 Å². The van der Waals surface area contributed by atoms with Crippen LogP contribution >= 0.6 is 11.8 Å². The molecule has 4 aromatic rings. The van der Waals surface area contributed by atoms with E-state index in [1.54, 1.807) is 54.6 Å². The highest BCUT2D eigenvalue weighted by atomic mass is 32.2. The van der Waals surface area contributed by atoms with Gasteiger partial charge in [0, 0.05) is 94.3 Å². The normalized spacial score (nSPS) is 16.3. The zero-order valence-corrected chi connectivity index (χ0v) is 62.8. The molecule has 14 atom stereocenters. The molecular formula is C73H102F2N12O25S. The number of thioether (sulfide) groups is 1. The lowest BCUT2D eigenvalue weighted by Gasteiger charge is -2.27. The van der Waals surface area contributed by atoms with Gasteiger partial charge in [0.25, 0.3) is 5.56 Å². The second kappa shape index (κ2) is 47.2. The SMILES string of the molecule is Cc1c(-c2cccc(CCC(=O)NCCCCCCCC(=O)N[C@H](CCC(=O)NC[C@H](O)[C@@H](O)[C@H](O)[C@H](O)CO)C(=O)N[C@H](CCC(=O)O)C(=O)N[C@H](CCC(=O)NC[C@H](O)[C@@H](O)[C@H](O)[C@H](O)CO)C(=O)N[C@H](CSC3CC(=O)N(CCN)C3=O)C(=O)O)c2)c(=O)n(C[C@@H](N)c2ccccc2)c(=O)n1Cc1c(F)cccc1F. The number of nitrogens with one attached hydrogen (secondary N) is 7. The molecule has 40 heteroatoms. The van der Waals surface area contributed by atoms with Crippen LogP contribution in [0.25, 0.3) is 11.1 Å². The third kappa shape index (κ3) is 29.4. The molecule has 23 N–H and O–H groups in total. The number of hydrogen-bond acceptors (Lipinski definition) is 26. The molecule has 113 heavy (non-hydrogen) atoms. The van der Waals surface area contributed by atoms with Gasteiger partial charge in [-0.2, -0.15) is 0 Å². The van der Waals surface area contributed by atoms with Crippen LogP contribution in [0.3, 0.4) is 0 Å². The van der Waals surface area contributed by atoms with E-state index in [1.165, 1.54) is 13.0 Å². The molecule has 0 aliphatic carbocycles. The van der Waals surface area contributed by atoms with Crippen LogP contribution in [0, 0.1) is 18.6 Å². The second-order valence-corrected chi connectivity index (χ2v) is 28.3. The highest BCUT2D eigenvalue weighted by molar-refractivity contribution is 8.00. The van der Waals surface area contributed by atoms with Crippen LogP contribution in [-0.2, 0) is 72.3 Å².